The van der Waals surface area contributed by atoms with E-state index in [0.717, 1.165) is 0 Å². The molecule has 0 saturated heterocycles. The van der Waals surface area contributed by atoms with Gasteiger partial charge in [0.05, 0.1) is 5.97 Å². The first-order valence-corrected chi connectivity index (χ1v) is 3.11. The van der Waals surface area contributed by atoms with E-state index in [1.165, 1.54) is 0 Å². The first-order chi connectivity index (χ1) is 5.78. The Morgan fingerprint density at radius 1 is 0.882 bits per heavy atom. The monoisotopic (exact) mass is 294 g/mol. The molecule has 0 atom stereocenters. The van der Waals surface area contributed by atoms with Crippen LogP contribution in [0.1, 0.15) is 12.8 Å². The maximum atomic E-state index is 10.1. The van der Waals surface area contributed by atoms with Gasteiger partial charge in [-0.3, -0.25) is 0 Å². The van der Waals surface area contributed by atoms with Crippen LogP contribution in [0.15, 0.2) is 0 Å². The van der Waals surface area contributed by atoms with Crippen LogP contribution in [0.2, 0.25) is 0 Å². The second-order valence-corrected chi connectivity index (χ2v) is 2.42. The minimum atomic E-state index is -2.97. The SMILES string of the molecule is Cl.O=C([O-])CC(O)(CC(=O)[O-])C(=O)[O-].[Na+].[Na+].[Na+]. The third-order valence-electron chi connectivity index (χ3n) is 1.25. The molecule has 0 fully saturated rings. The van der Waals surface area contributed by atoms with E-state index in [9.17, 15) is 29.7 Å². The summed E-state index contributed by atoms with van der Waals surface area (Å²) >= 11 is 0. The number of carbonyl (C=O) groups excluding carboxylic acids is 3. The number of aliphatic hydroxyl groups is 1. The van der Waals surface area contributed by atoms with Crippen LogP contribution >= 0.6 is 12.4 Å². The Kier molecular flexibility index (Phi) is 25.8. The second-order valence-electron chi connectivity index (χ2n) is 2.42. The maximum absolute atomic E-state index is 10.1. The van der Waals surface area contributed by atoms with Crippen molar-refractivity contribution < 1.29 is 123 Å². The third kappa shape index (κ3) is 13.9. The summed E-state index contributed by atoms with van der Waals surface area (Å²) in [5.41, 5.74) is -2.97. The molecular formula is C6H6ClNa3O7. The number of aliphatic carboxylic acids is 3. The first-order valence-electron chi connectivity index (χ1n) is 3.11. The van der Waals surface area contributed by atoms with Crippen molar-refractivity contribution in [3.05, 3.63) is 0 Å². The molecule has 0 aromatic carbocycles. The maximum Gasteiger partial charge on any atom is 1.00 e. The second kappa shape index (κ2) is 14.1. The van der Waals surface area contributed by atoms with E-state index >= 15 is 0 Å². The number of carboxylic acids is 3. The normalized spacial score (nSPS) is 8.29. The van der Waals surface area contributed by atoms with Gasteiger partial charge in [-0.1, -0.05) is 0 Å². The van der Waals surface area contributed by atoms with Crippen molar-refractivity contribution in [1.29, 1.82) is 0 Å². The fraction of sp³-hybridized carbons (Fsp3) is 0.500. The number of carbonyl (C=O) groups is 3. The summed E-state index contributed by atoms with van der Waals surface area (Å²) in [6.45, 7) is 0. The molecular weight excluding hydrogens is 288 g/mol. The number of hydrogen-bond donors (Lipinski definition) is 1. The Morgan fingerprint density at radius 2 is 1.12 bits per heavy atom. The van der Waals surface area contributed by atoms with E-state index < -0.39 is 36.4 Å². The van der Waals surface area contributed by atoms with Gasteiger partial charge in [-0.2, -0.15) is 0 Å². The van der Waals surface area contributed by atoms with Gasteiger partial charge < -0.3 is 34.8 Å². The van der Waals surface area contributed by atoms with Gasteiger partial charge in [0.15, 0.2) is 0 Å². The van der Waals surface area contributed by atoms with Gasteiger partial charge >= 0.3 is 88.7 Å². The molecule has 0 aliphatic carbocycles. The van der Waals surface area contributed by atoms with Gasteiger partial charge in [-0.05, 0) is 0 Å². The van der Waals surface area contributed by atoms with Gasteiger partial charge in [-0.15, -0.1) is 12.4 Å². The first kappa shape index (κ1) is 31.2. The van der Waals surface area contributed by atoms with Crippen LogP contribution in [0.3, 0.4) is 0 Å². The summed E-state index contributed by atoms with van der Waals surface area (Å²) in [6, 6.07) is 0. The minimum Gasteiger partial charge on any atom is -0.550 e. The van der Waals surface area contributed by atoms with Gasteiger partial charge in [-0.25, -0.2) is 0 Å². The molecule has 17 heavy (non-hydrogen) atoms. The molecule has 0 aromatic heterocycles. The summed E-state index contributed by atoms with van der Waals surface area (Å²) in [7, 11) is 0. The number of halogens is 1. The largest absolute Gasteiger partial charge is 1.00 e. The molecule has 0 heterocycles. The van der Waals surface area contributed by atoms with Gasteiger partial charge in [0.1, 0.15) is 5.60 Å². The van der Waals surface area contributed by atoms with Crippen molar-refractivity contribution in [3.8, 4) is 0 Å². The zero-order valence-corrected chi connectivity index (χ0v) is 16.5. The number of hydrogen-bond acceptors (Lipinski definition) is 7. The molecule has 0 radical (unpaired) electrons. The zero-order valence-electron chi connectivity index (χ0n) is 9.72. The summed E-state index contributed by atoms with van der Waals surface area (Å²) in [6.07, 6.45) is -2.72. The van der Waals surface area contributed by atoms with E-state index in [2.05, 4.69) is 0 Å². The zero-order chi connectivity index (χ0) is 10.6. The molecule has 0 unspecified atom stereocenters. The predicted molar refractivity (Wildman–Crippen MR) is 36.5 cm³/mol. The summed E-state index contributed by atoms with van der Waals surface area (Å²) in [5.74, 6) is -5.98. The summed E-state index contributed by atoms with van der Waals surface area (Å²) in [5, 5.41) is 38.9. The topological polar surface area (TPSA) is 141 Å². The average Bonchev–Trinajstić information content (AvgIpc) is 1.82. The van der Waals surface area contributed by atoms with Crippen LogP contribution in [-0.2, 0) is 14.4 Å². The van der Waals surface area contributed by atoms with Crippen molar-refractivity contribution in [2.24, 2.45) is 0 Å². The molecule has 0 aliphatic heterocycles. The molecule has 82 valence electrons. The minimum absolute atomic E-state index is 0. The molecule has 0 amide bonds. The molecule has 0 aliphatic rings. The van der Waals surface area contributed by atoms with Crippen LogP contribution in [0, 0.1) is 0 Å². The Hall–Kier alpha value is 1.66. The van der Waals surface area contributed by atoms with Gasteiger partial charge in [0.25, 0.3) is 0 Å². The molecule has 0 aromatic rings. The standard InChI is InChI=1S/C6H8O7.ClH.3Na/c7-3(8)1-6(13,5(11)12)2-4(9)10;;;;/h13H,1-2H2,(H,7,8)(H,9,10)(H,11,12);1H;;;/q;;3*+1/p-3. The van der Waals surface area contributed by atoms with E-state index in [1.807, 2.05) is 0 Å². The molecule has 1 N–H and O–H groups in total. The number of carboxylic acid groups (broad SMARTS) is 3. The number of rotatable bonds is 5. The Morgan fingerprint density at radius 3 is 1.24 bits per heavy atom. The smallest absolute Gasteiger partial charge is 0.550 e. The van der Waals surface area contributed by atoms with E-state index in [4.69, 9.17) is 5.11 Å². The Balaban J connectivity index is -0.000000120. The fourth-order valence-corrected chi connectivity index (χ4v) is 0.684. The predicted octanol–water partition coefficient (Wildman–Crippen LogP) is -13.8. The molecule has 7 nitrogen and oxygen atoms in total. The molecule has 0 spiro atoms. The Labute approximate surface area is 170 Å². The van der Waals surface area contributed by atoms with Gasteiger partial charge in [0, 0.05) is 24.8 Å². The van der Waals surface area contributed by atoms with E-state index in [1.54, 1.807) is 0 Å². The fourth-order valence-electron chi connectivity index (χ4n) is 0.684. The average molecular weight is 295 g/mol. The van der Waals surface area contributed by atoms with Crippen molar-refractivity contribution >= 4 is 30.3 Å². The summed E-state index contributed by atoms with van der Waals surface area (Å²) < 4.78 is 0. The third-order valence-corrected chi connectivity index (χ3v) is 1.25. The summed E-state index contributed by atoms with van der Waals surface area (Å²) in [4.78, 5) is 30.0. The van der Waals surface area contributed by atoms with Crippen molar-refractivity contribution in [2.75, 3.05) is 0 Å². The quantitative estimate of drug-likeness (QED) is 0.496. The Bertz CT molecular complexity index is 244. The van der Waals surface area contributed by atoms with Crippen molar-refractivity contribution in [3.63, 3.8) is 0 Å². The van der Waals surface area contributed by atoms with Crippen molar-refractivity contribution in [1.82, 2.24) is 0 Å². The van der Waals surface area contributed by atoms with Crippen LogP contribution < -0.4 is 104 Å². The molecule has 0 saturated carbocycles. The van der Waals surface area contributed by atoms with Gasteiger partial charge in [0.2, 0.25) is 0 Å². The van der Waals surface area contributed by atoms with E-state index in [-0.39, 0.29) is 101 Å². The molecule has 0 rings (SSSR count). The molecule has 0 bridgehead atoms. The van der Waals surface area contributed by atoms with Crippen LogP contribution in [0.4, 0.5) is 0 Å². The van der Waals surface area contributed by atoms with Crippen molar-refractivity contribution in [2.45, 2.75) is 18.4 Å². The molecule has 11 heteroatoms. The van der Waals surface area contributed by atoms with E-state index in [0.29, 0.717) is 0 Å². The van der Waals surface area contributed by atoms with Crippen LogP contribution in [0.5, 0.6) is 0 Å². The van der Waals surface area contributed by atoms with Crippen LogP contribution in [-0.4, -0.2) is 28.6 Å². The van der Waals surface area contributed by atoms with Crippen LogP contribution in [0.25, 0.3) is 0 Å².